The number of sulfonamides is 1. The van der Waals surface area contributed by atoms with Crippen LogP contribution in [0.3, 0.4) is 0 Å². The van der Waals surface area contributed by atoms with Crippen LogP contribution < -0.4 is 0 Å². The Labute approximate surface area is 215 Å². The fraction of sp³-hybridized carbons (Fsp3) is 0.333. The van der Waals surface area contributed by atoms with Gasteiger partial charge in [-0.1, -0.05) is 0 Å². The van der Waals surface area contributed by atoms with E-state index in [0.717, 1.165) is 36.3 Å². The first-order valence-corrected chi connectivity index (χ1v) is 13.8. The number of morpholine rings is 1. The van der Waals surface area contributed by atoms with Crippen LogP contribution in [0.25, 0.3) is 6.08 Å². The smallest absolute Gasteiger partial charge is 0.274 e. The summed E-state index contributed by atoms with van der Waals surface area (Å²) in [5, 5.41) is 6.31. The molecule has 1 aliphatic carbocycles. The van der Waals surface area contributed by atoms with Crippen molar-refractivity contribution in [3.63, 3.8) is 0 Å². The maximum atomic E-state index is 13.7. The number of amides is 1. The van der Waals surface area contributed by atoms with Gasteiger partial charge in [0.15, 0.2) is 0 Å². The summed E-state index contributed by atoms with van der Waals surface area (Å²) in [6, 6.07) is 13.1. The Morgan fingerprint density at radius 1 is 1.00 bits per heavy atom. The van der Waals surface area contributed by atoms with Crippen LogP contribution in [-0.2, 0) is 14.8 Å². The van der Waals surface area contributed by atoms with Crippen molar-refractivity contribution in [2.24, 2.45) is 11.0 Å². The summed E-state index contributed by atoms with van der Waals surface area (Å²) in [7, 11) is -3.65. The van der Waals surface area contributed by atoms with E-state index in [9.17, 15) is 13.2 Å². The standard InChI is InChI=1S/C27H27N3O6S/c31-27(19-8-10-22(11-9-19)37(32,33)29-12-16-34-17-13-29)30-26(24-7-3-15-36-24)23-6-1-4-20(25(23)28-30)18-21-5-2-14-35-21/h2-3,5,7-11,14-15,18,23,26H,1,4,6,12-13,16-17H2. The predicted octanol–water partition coefficient (Wildman–Crippen LogP) is 4.33. The third-order valence-electron chi connectivity index (χ3n) is 7.11. The molecule has 1 aromatic carbocycles. The molecule has 4 heterocycles. The van der Waals surface area contributed by atoms with Gasteiger partial charge in [0.25, 0.3) is 5.91 Å². The van der Waals surface area contributed by atoms with Crippen molar-refractivity contribution in [2.75, 3.05) is 26.3 Å². The lowest BCUT2D eigenvalue weighted by molar-refractivity contribution is 0.0656. The minimum absolute atomic E-state index is 0.00830. The van der Waals surface area contributed by atoms with Crippen LogP contribution >= 0.6 is 0 Å². The van der Waals surface area contributed by atoms with Crippen LogP contribution in [0.15, 0.2) is 85.5 Å². The fourth-order valence-electron chi connectivity index (χ4n) is 5.29. The van der Waals surface area contributed by atoms with Gasteiger partial charge in [-0.05, 0) is 79.4 Å². The van der Waals surface area contributed by atoms with Crippen LogP contribution in [0.4, 0.5) is 0 Å². The third-order valence-corrected chi connectivity index (χ3v) is 9.03. The van der Waals surface area contributed by atoms with Crippen molar-refractivity contribution in [1.82, 2.24) is 9.31 Å². The SMILES string of the molecule is O=C(c1ccc(S(=O)(=O)N2CCOCC2)cc1)N1N=C2C(=Cc3ccco3)CCCC2C1c1ccco1. The molecule has 37 heavy (non-hydrogen) atoms. The molecule has 2 atom stereocenters. The number of nitrogens with zero attached hydrogens (tertiary/aromatic N) is 3. The lowest BCUT2D eigenvalue weighted by Crippen LogP contribution is -2.40. The lowest BCUT2D eigenvalue weighted by atomic mass is 9.79. The number of benzene rings is 1. The van der Waals surface area contributed by atoms with E-state index >= 15 is 0 Å². The summed E-state index contributed by atoms with van der Waals surface area (Å²) in [5.74, 6) is 1.10. The maximum absolute atomic E-state index is 13.7. The Balaban J connectivity index is 1.32. The van der Waals surface area contributed by atoms with Crippen LogP contribution in [0.5, 0.6) is 0 Å². The van der Waals surface area contributed by atoms with E-state index in [1.165, 1.54) is 21.4 Å². The van der Waals surface area contributed by atoms with Crippen LogP contribution in [0.1, 0.15) is 47.2 Å². The van der Waals surface area contributed by atoms with Gasteiger partial charge in [0, 0.05) is 24.6 Å². The normalized spacial score (nSPS) is 23.7. The van der Waals surface area contributed by atoms with Gasteiger partial charge in [0.1, 0.15) is 17.6 Å². The van der Waals surface area contributed by atoms with Crippen molar-refractivity contribution in [2.45, 2.75) is 30.2 Å². The van der Waals surface area contributed by atoms with Crippen LogP contribution in [0, 0.1) is 5.92 Å². The zero-order valence-electron chi connectivity index (χ0n) is 20.2. The van der Waals surface area contributed by atoms with Gasteiger partial charge in [0.2, 0.25) is 10.0 Å². The minimum Gasteiger partial charge on any atom is -0.467 e. The Bertz CT molecular complexity index is 1420. The number of hydrogen-bond acceptors (Lipinski definition) is 7. The molecule has 9 nitrogen and oxygen atoms in total. The van der Waals surface area contributed by atoms with Gasteiger partial charge in [-0.15, -0.1) is 0 Å². The summed E-state index contributed by atoms with van der Waals surface area (Å²) in [5.41, 5.74) is 2.27. The van der Waals surface area contributed by atoms with Crippen molar-refractivity contribution < 1.29 is 26.8 Å². The number of carbonyl (C=O) groups excluding carboxylic acids is 1. The number of carbonyl (C=O) groups is 1. The zero-order chi connectivity index (χ0) is 25.4. The third kappa shape index (κ3) is 4.45. The molecule has 6 rings (SSSR count). The molecule has 0 bridgehead atoms. The molecule has 3 aromatic rings. The monoisotopic (exact) mass is 521 g/mol. The first-order valence-electron chi connectivity index (χ1n) is 12.4. The molecule has 1 amide bonds. The quantitative estimate of drug-likeness (QED) is 0.495. The second kappa shape index (κ2) is 9.77. The first kappa shape index (κ1) is 23.9. The number of hydrogen-bond donors (Lipinski definition) is 0. The molecule has 2 aromatic heterocycles. The van der Waals surface area contributed by atoms with E-state index in [1.807, 2.05) is 30.3 Å². The fourth-order valence-corrected chi connectivity index (χ4v) is 6.70. The molecule has 1 saturated carbocycles. The lowest BCUT2D eigenvalue weighted by Gasteiger charge is -2.28. The zero-order valence-corrected chi connectivity index (χ0v) is 21.0. The van der Waals surface area contributed by atoms with Gasteiger partial charge in [-0.2, -0.15) is 9.41 Å². The minimum atomic E-state index is -3.65. The molecule has 3 aliphatic rings. The van der Waals surface area contributed by atoms with E-state index in [4.69, 9.17) is 18.7 Å². The van der Waals surface area contributed by atoms with Crippen molar-refractivity contribution in [1.29, 1.82) is 0 Å². The molecule has 2 fully saturated rings. The average Bonchev–Trinajstić information content (AvgIpc) is 3.70. The van der Waals surface area contributed by atoms with Gasteiger partial charge in [-0.25, -0.2) is 13.4 Å². The number of fused-ring (bicyclic) bond motifs is 1. The summed E-state index contributed by atoms with van der Waals surface area (Å²) in [6.07, 6.45) is 7.90. The van der Waals surface area contributed by atoms with E-state index in [0.29, 0.717) is 37.6 Å². The topological polar surface area (TPSA) is 106 Å². The number of hydrazone groups is 1. The highest BCUT2D eigenvalue weighted by Gasteiger charge is 2.45. The molecular weight excluding hydrogens is 494 g/mol. The molecular formula is C27H27N3O6S. The van der Waals surface area contributed by atoms with E-state index in [2.05, 4.69) is 0 Å². The molecule has 1 saturated heterocycles. The van der Waals surface area contributed by atoms with Crippen LogP contribution in [0.2, 0.25) is 0 Å². The Morgan fingerprint density at radius 3 is 2.46 bits per heavy atom. The predicted molar refractivity (Wildman–Crippen MR) is 135 cm³/mol. The number of allylic oxidation sites excluding steroid dienone is 1. The number of ether oxygens (including phenoxy) is 1. The van der Waals surface area contributed by atoms with Crippen molar-refractivity contribution >= 4 is 27.7 Å². The molecule has 0 N–H and O–H groups in total. The first-order chi connectivity index (χ1) is 18.0. The van der Waals surface area contributed by atoms with Crippen molar-refractivity contribution in [3.8, 4) is 0 Å². The molecule has 0 radical (unpaired) electrons. The molecule has 192 valence electrons. The summed E-state index contributed by atoms with van der Waals surface area (Å²) in [4.78, 5) is 13.9. The highest BCUT2D eigenvalue weighted by molar-refractivity contribution is 7.89. The molecule has 0 spiro atoms. The van der Waals surface area contributed by atoms with Gasteiger partial charge < -0.3 is 13.6 Å². The Morgan fingerprint density at radius 2 is 1.76 bits per heavy atom. The molecule has 2 aliphatic heterocycles. The summed E-state index contributed by atoms with van der Waals surface area (Å²) in [6.45, 7) is 1.37. The Kier molecular flexibility index (Phi) is 6.31. The largest absolute Gasteiger partial charge is 0.467 e. The van der Waals surface area contributed by atoms with E-state index in [1.54, 1.807) is 24.7 Å². The van der Waals surface area contributed by atoms with E-state index < -0.39 is 10.0 Å². The van der Waals surface area contributed by atoms with Gasteiger partial charge in [-0.3, -0.25) is 4.79 Å². The number of furan rings is 2. The van der Waals surface area contributed by atoms with Gasteiger partial charge in [0.05, 0.1) is 36.3 Å². The maximum Gasteiger partial charge on any atom is 0.274 e. The molecule has 10 heteroatoms. The number of rotatable bonds is 5. The second-order valence-electron chi connectivity index (χ2n) is 9.32. The Hall–Kier alpha value is -3.47. The highest BCUT2D eigenvalue weighted by atomic mass is 32.2. The molecule has 2 unspecified atom stereocenters. The van der Waals surface area contributed by atoms with Crippen LogP contribution in [-0.4, -0.2) is 55.7 Å². The van der Waals surface area contributed by atoms with Gasteiger partial charge >= 0.3 is 0 Å². The summed E-state index contributed by atoms with van der Waals surface area (Å²) < 4.78 is 43.9. The second-order valence-corrected chi connectivity index (χ2v) is 11.3. The highest BCUT2D eigenvalue weighted by Crippen LogP contribution is 2.45. The van der Waals surface area contributed by atoms with E-state index in [-0.39, 0.29) is 22.8 Å². The average molecular weight is 522 g/mol. The summed E-state index contributed by atoms with van der Waals surface area (Å²) >= 11 is 0. The van der Waals surface area contributed by atoms with Crippen molar-refractivity contribution in [3.05, 3.63) is 83.7 Å².